The van der Waals surface area contributed by atoms with Crippen LogP contribution in [0.1, 0.15) is 28.4 Å². The second-order valence-electron chi connectivity index (χ2n) is 6.24. The van der Waals surface area contributed by atoms with Crippen LogP contribution in [0.4, 0.5) is 5.69 Å². The topological polar surface area (TPSA) is 132 Å². The van der Waals surface area contributed by atoms with E-state index in [-0.39, 0.29) is 5.91 Å². The molecule has 2 aromatic rings. The minimum Gasteiger partial charge on any atom is -0.466 e. The number of hydrogen-bond acceptors (Lipinski definition) is 7. The molecular formula is C19H19N3O6S. The maximum atomic E-state index is 12.5. The van der Waals surface area contributed by atoms with E-state index in [4.69, 9.17) is 14.9 Å². The lowest BCUT2D eigenvalue weighted by Gasteiger charge is -2.25. The number of nitrogens with two attached hydrogens (primary N) is 1. The van der Waals surface area contributed by atoms with Crippen molar-refractivity contribution in [2.75, 3.05) is 17.7 Å². The Hall–Kier alpha value is -3.27. The van der Waals surface area contributed by atoms with Crippen molar-refractivity contribution >= 4 is 41.1 Å². The molecule has 1 saturated heterocycles. The molecule has 1 aromatic carbocycles. The van der Waals surface area contributed by atoms with Gasteiger partial charge in [-0.05, 0) is 36.4 Å². The monoisotopic (exact) mass is 417 g/mol. The van der Waals surface area contributed by atoms with Crippen molar-refractivity contribution in [1.82, 2.24) is 4.90 Å². The van der Waals surface area contributed by atoms with Crippen LogP contribution in [0.25, 0.3) is 0 Å². The third kappa shape index (κ3) is 4.77. The van der Waals surface area contributed by atoms with Gasteiger partial charge in [0.1, 0.15) is 17.2 Å². The summed E-state index contributed by atoms with van der Waals surface area (Å²) in [6, 6.07) is 8.60. The van der Waals surface area contributed by atoms with Crippen LogP contribution in [0.3, 0.4) is 0 Å². The standard InChI is InChI=1S/C19H19N3O6S/c1-11(23)22-14(10-29-18(22)15-3-2-8-27-15)19(26)28-9-16(24)21-13-6-4-12(5-7-13)17(20)25/h2-8,14,18H,9-10H2,1H3,(H2,20,25)(H,21,24)/t14-,18-/m1/s1. The van der Waals surface area contributed by atoms with E-state index >= 15 is 0 Å². The number of rotatable bonds is 6. The lowest BCUT2D eigenvalue weighted by Crippen LogP contribution is -2.43. The van der Waals surface area contributed by atoms with E-state index in [1.807, 2.05) is 0 Å². The first-order chi connectivity index (χ1) is 13.9. The fourth-order valence-corrected chi connectivity index (χ4v) is 4.29. The number of ether oxygens (including phenoxy) is 1. The lowest BCUT2D eigenvalue weighted by atomic mass is 10.2. The minimum atomic E-state index is -0.810. The maximum Gasteiger partial charge on any atom is 0.330 e. The number of furan rings is 1. The van der Waals surface area contributed by atoms with E-state index < -0.39 is 35.8 Å². The Labute approximate surface area is 170 Å². The van der Waals surface area contributed by atoms with Gasteiger partial charge in [-0.2, -0.15) is 0 Å². The van der Waals surface area contributed by atoms with E-state index in [9.17, 15) is 19.2 Å². The zero-order valence-electron chi connectivity index (χ0n) is 15.5. The van der Waals surface area contributed by atoms with Crippen LogP contribution in [-0.2, 0) is 19.1 Å². The third-order valence-electron chi connectivity index (χ3n) is 4.22. The van der Waals surface area contributed by atoms with Crippen LogP contribution in [0.15, 0.2) is 47.1 Å². The first kappa shape index (κ1) is 20.5. The van der Waals surface area contributed by atoms with Gasteiger partial charge in [0.05, 0.1) is 6.26 Å². The van der Waals surface area contributed by atoms with Gasteiger partial charge in [-0.3, -0.25) is 14.4 Å². The highest BCUT2D eigenvalue weighted by atomic mass is 32.2. The van der Waals surface area contributed by atoms with Crippen molar-refractivity contribution in [2.24, 2.45) is 5.73 Å². The predicted octanol–water partition coefficient (Wildman–Crippen LogP) is 1.52. The highest BCUT2D eigenvalue weighted by Gasteiger charge is 2.43. The molecule has 1 aliphatic rings. The molecule has 1 aliphatic heterocycles. The number of anilines is 1. The maximum absolute atomic E-state index is 12.5. The number of amides is 3. The summed E-state index contributed by atoms with van der Waals surface area (Å²) in [5.41, 5.74) is 5.90. The Morgan fingerprint density at radius 1 is 1.24 bits per heavy atom. The molecule has 2 atom stereocenters. The molecule has 0 saturated carbocycles. The summed E-state index contributed by atoms with van der Waals surface area (Å²) in [6.07, 6.45) is 1.50. The van der Waals surface area contributed by atoms with E-state index in [0.717, 1.165) is 0 Å². The van der Waals surface area contributed by atoms with Gasteiger partial charge in [0.25, 0.3) is 5.91 Å². The molecule has 0 spiro atoms. The average molecular weight is 417 g/mol. The average Bonchev–Trinajstić information content (AvgIpc) is 3.35. The Morgan fingerprint density at radius 3 is 2.55 bits per heavy atom. The highest BCUT2D eigenvalue weighted by molar-refractivity contribution is 7.99. The summed E-state index contributed by atoms with van der Waals surface area (Å²) in [6.45, 7) is 0.860. The van der Waals surface area contributed by atoms with Crippen LogP contribution in [0.2, 0.25) is 0 Å². The molecule has 9 nitrogen and oxygen atoms in total. The Kier molecular flexibility index (Phi) is 6.23. The van der Waals surface area contributed by atoms with Gasteiger partial charge in [-0.15, -0.1) is 11.8 Å². The zero-order chi connectivity index (χ0) is 21.0. The van der Waals surface area contributed by atoms with Crippen molar-refractivity contribution < 1.29 is 28.3 Å². The van der Waals surface area contributed by atoms with Crippen molar-refractivity contribution in [3.05, 3.63) is 54.0 Å². The highest BCUT2D eigenvalue weighted by Crippen LogP contribution is 2.41. The zero-order valence-corrected chi connectivity index (χ0v) is 16.3. The van der Waals surface area contributed by atoms with Gasteiger partial charge in [0, 0.05) is 23.9 Å². The number of nitrogens with one attached hydrogen (secondary N) is 1. The molecule has 1 fully saturated rings. The summed E-state index contributed by atoms with van der Waals surface area (Å²) in [4.78, 5) is 49.0. The van der Waals surface area contributed by atoms with Crippen LogP contribution < -0.4 is 11.1 Å². The fourth-order valence-electron chi connectivity index (χ4n) is 2.87. The molecule has 152 valence electrons. The first-order valence-corrected chi connectivity index (χ1v) is 9.72. The smallest absolute Gasteiger partial charge is 0.330 e. The normalized spacial score (nSPS) is 18.3. The van der Waals surface area contributed by atoms with Crippen LogP contribution in [0.5, 0.6) is 0 Å². The summed E-state index contributed by atoms with van der Waals surface area (Å²) >= 11 is 1.39. The van der Waals surface area contributed by atoms with E-state index in [2.05, 4.69) is 5.32 Å². The van der Waals surface area contributed by atoms with Crippen molar-refractivity contribution in [1.29, 1.82) is 0 Å². The summed E-state index contributed by atoms with van der Waals surface area (Å²) < 4.78 is 10.5. The Balaban J connectivity index is 1.56. The molecule has 3 amide bonds. The fraction of sp³-hybridized carbons (Fsp3) is 0.263. The number of primary amides is 1. The Morgan fingerprint density at radius 2 is 1.97 bits per heavy atom. The predicted molar refractivity (Wildman–Crippen MR) is 105 cm³/mol. The van der Waals surface area contributed by atoms with Crippen LogP contribution in [-0.4, -0.2) is 47.0 Å². The van der Waals surface area contributed by atoms with Crippen molar-refractivity contribution in [3.8, 4) is 0 Å². The second kappa shape index (κ2) is 8.82. The molecule has 29 heavy (non-hydrogen) atoms. The number of carbonyl (C=O) groups excluding carboxylic acids is 4. The molecule has 3 N–H and O–H groups in total. The van der Waals surface area contributed by atoms with E-state index in [1.54, 1.807) is 12.1 Å². The second-order valence-corrected chi connectivity index (χ2v) is 7.35. The largest absolute Gasteiger partial charge is 0.466 e. The number of hydrogen-bond donors (Lipinski definition) is 2. The molecular weight excluding hydrogens is 398 g/mol. The molecule has 0 bridgehead atoms. The van der Waals surface area contributed by atoms with Gasteiger partial charge in [-0.1, -0.05) is 0 Å². The molecule has 0 unspecified atom stereocenters. The van der Waals surface area contributed by atoms with E-state index in [0.29, 0.717) is 22.8 Å². The van der Waals surface area contributed by atoms with Crippen LogP contribution >= 0.6 is 11.8 Å². The van der Waals surface area contributed by atoms with Crippen molar-refractivity contribution in [3.63, 3.8) is 0 Å². The molecule has 0 aliphatic carbocycles. The number of carbonyl (C=O) groups is 4. The number of thioether (sulfide) groups is 1. The summed E-state index contributed by atoms with van der Waals surface area (Å²) in [7, 11) is 0. The Bertz CT molecular complexity index is 913. The van der Waals surface area contributed by atoms with Gasteiger partial charge >= 0.3 is 5.97 Å². The van der Waals surface area contributed by atoms with Crippen molar-refractivity contribution in [2.45, 2.75) is 18.3 Å². The number of esters is 1. The SMILES string of the molecule is CC(=O)N1[C@@H](C(=O)OCC(=O)Nc2ccc(C(N)=O)cc2)CS[C@@H]1c1ccco1. The van der Waals surface area contributed by atoms with E-state index in [1.165, 1.54) is 54.1 Å². The minimum absolute atomic E-state index is 0.294. The molecule has 3 rings (SSSR count). The lowest BCUT2D eigenvalue weighted by molar-refractivity contribution is -0.155. The number of benzene rings is 1. The van der Waals surface area contributed by atoms with Crippen LogP contribution in [0, 0.1) is 0 Å². The van der Waals surface area contributed by atoms with Gasteiger partial charge < -0.3 is 25.1 Å². The van der Waals surface area contributed by atoms with Gasteiger partial charge in [-0.25, -0.2) is 4.79 Å². The molecule has 0 radical (unpaired) electrons. The first-order valence-electron chi connectivity index (χ1n) is 8.67. The van der Waals surface area contributed by atoms with Gasteiger partial charge in [0.2, 0.25) is 11.8 Å². The summed E-state index contributed by atoms with van der Waals surface area (Å²) in [5, 5.41) is 2.13. The summed E-state index contributed by atoms with van der Waals surface area (Å²) in [5.74, 6) is -1.18. The van der Waals surface area contributed by atoms with Gasteiger partial charge in [0.15, 0.2) is 6.61 Å². The molecule has 2 heterocycles. The molecule has 10 heteroatoms. The quantitative estimate of drug-likeness (QED) is 0.681. The number of nitrogens with zero attached hydrogens (tertiary/aromatic N) is 1. The molecule has 1 aromatic heterocycles. The third-order valence-corrected chi connectivity index (χ3v) is 5.50.